The number of anilines is 1. The predicted octanol–water partition coefficient (Wildman–Crippen LogP) is 5.50. The van der Waals surface area contributed by atoms with Gasteiger partial charge in [0.2, 0.25) is 5.95 Å². The number of fused-ring (bicyclic) bond motifs is 1. The van der Waals surface area contributed by atoms with Crippen molar-refractivity contribution < 1.29 is 4.79 Å². The Morgan fingerprint density at radius 1 is 1.17 bits per heavy atom. The molecular weight excluding hydrogens is 480 g/mol. The molecule has 5 rings (SSSR count). The number of benzene rings is 2. The Balaban J connectivity index is 1.48. The minimum absolute atomic E-state index is 0.0498. The molecule has 182 valence electrons. The Labute approximate surface area is 214 Å². The smallest absolute Gasteiger partial charge is 0.263 e. The quantitative estimate of drug-likeness (QED) is 0.445. The third-order valence-electron chi connectivity index (χ3n) is 6.53. The monoisotopic (exact) mass is 508 g/mol. The molecule has 0 unspecified atom stereocenters. The van der Waals surface area contributed by atoms with Gasteiger partial charge in [0.15, 0.2) is 0 Å². The van der Waals surface area contributed by atoms with Crippen molar-refractivity contribution in [1.82, 2.24) is 14.5 Å². The number of amides is 1. The molecule has 1 aliphatic heterocycles. The highest BCUT2D eigenvalue weighted by molar-refractivity contribution is 7.98. The van der Waals surface area contributed by atoms with Gasteiger partial charge in [0.1, 0.15) is 0 Å². The lowest BCUT2D eigenvalue weighted by Gasteiger charge is -2.29. The molecule has 8 heteroatoms. The fourth-order valence-electron chi connectivity index (χ4n) is 4.55. The first kappa shape index (κ1) is 23.9. The third-order valence-corrected chi connectivity index (χ3v) is 7.62. The van der Waals surface area contributed by atoms with Gasteiger partial charge in [-0.05, 0) is 93.3 Å². The molecule has 0 saturated heterocycles. The SMILES string of the molecule is CSc1ccc(-n2c(NC(C)C)nc3c(c2=O)CCN(C(=O)c2ccc(Cl)c(C4CC4)c2)C3)cc1. The molecule has 0 atom stereocenters. The maximum Gasteiger partial charge on any atom is 0.263 e. The highest BCUT2D eigenvalue weighted by Crippen LogP contribution is 2.43. The average Bonchev–Trinajstić information content (AvgIpc) is 3.69. The Kier molecular flexibility index (Phi) is 6.64. The lowest BCUT2D eigenvalue weighted by Crippen LogP contribution is -2.41. The van der Waals surface area contributed by atoms with Gasteiger partial charge in [0.25, 0.3) is 11.5 Å². The van der Waals surface area contributed by atoms with Crippen LogP contribution in [-0.2, 0) is 13.0 Å². The van der Waals surface area contributed by atoms with Crippen molar-refractivity contribution in [3.8, 4) is 5.69 Å². The summed E-state index contributed by atoms with van der Waals surface area (Å²) in [4.78, 5) is 34.8. The molecule has 1 aromatic heterocycles. The van der Waals surface area contributed by atoms with Crippen LogP contribution in [0.3, 0.4) is 0 Å². The molecule has 35 heavy (non-hydrogen) atoms. The van der Waals surface area contributed by atoms with Gasteiger partial charge in [0.05, 0.1) is 17.9 Å². The van der Waals surface area contributed by atoms with E-state index in [4.69, 9.17) is 16.6 Å². The van der Waals surface area contributed by atoms with Crippen molar-refractivity contribution in [1.29, 1.82) is 0 Å². The fraction of sp³-hybridized carbons (Fsp3) is 0.370. The van der Waals surface area contributed by atoms with E-state index in [1.807, 2.05) is 56.5 Å². The van der Waals surface area contributed by atoms with Crippen molar-refractivity contribution >= 4 is 35.2 Å². The van der Waals surface area contributed by atoms with Gasteiger partial charge in [-0.3, -0.25) is 9.59 Å². The van der Waals surface area contributed by atoms with Crippen molar-refractivity contribution in [2.75, 3.05) is 18.1 Å². The van der Waals surface area contributed by atoms with Gasteiger partial charge in [0, 0.05) is 33.6 Å². The first-order valence-electron chi connectivity index (χ1n) is 12.0. The molecule has 1 N–H and O–H groups in total. The standard InChI is InChI=1S/C27H29ClN4O2S/c1-16(2)29-27-30-24-15-31(25(33)18-6-11-23(28)22(14-18)17-4-5-17)13-12-21(24)26(34)32(27)19-7-9-20(35-3)10-8-19/h6-11,14,16-17H,4-5,12-13,15H2,1-3H3,(H,29,30). The van der Waals surface area contributed by atoms with E-state index >= 15 is 0 Å². The van der Waals surface area contributed by atoms with E-state index in [0.29, 0.717) is 48.2 Å². The first-order chi connectivity index (χ1) is 16.9. The number of nitrogens with zero attached hydrogens (tertiary/aromatic N) is 3. The second-order valence-corrected chi connectivity index (χ2v) is 10.8. The average molecular weight is 509 g/mol. The van der Waals surface area contributed by atoms with E-state index in [1.54, 1.807) is 27.3 Å². The molecule has 3 aromatic rings. The molecule has 0 spiro atoms. The number of rotatable bonds is 6. The summed E-state index contributed by atoms with van der Waals surface area (Å²) in [6, 6.07) is 13.6. The molecule has 6 nitrogen and oxygen atoms in total. The third kappa shape index (κ3) is 4.84. The molecular formula is C27H29ClN4O2S. The van der Waals surface area contributed by atoms with Gasteiger partial charge < -0.3 is 10.2 Å². The molecule has 1 fully saturated rings. The van der Waals surface area contributed by atoms with Crippen LogP contribution < -0.4 is 10.9 Å². The Bertz CT molecular complexity index is 1330. The van der Waals surface area contributed by atoms with Crippen LogP contribution in [-0.4, -0.2) is 39.2 Å². The second-order valence-electron chi connectivity index (χ2n) is 9.49. The summed E-state index contributed by atoms with van der Waals surface area (Å²) in [5.74, 6) is 0.913. The molecule has 1 amide bonds. The van der Waals surface area contributed by atoms with Crippen LogP contribution in [0.2, 0.25) is 5.02 Å². The first-order valence-corrected chi connectivity index (χ1v) is 13.6. The van der Waals surface area contributed by atoms with Crippen molar-refractivity contribution in [2.24, 2.45) is 0 Å². The second kappa shape index (κ2) is 9.70. The minimum Gasteiger partial charge on any atom is -0.353 e. The predicted molar refractivity (Wildman–Crippen MR) is 142 cm³/mol. The summed E-state index contributed by atoms with van der Waals surface area (Å²) < 4.78 is 1.65. The summed E-state index contributed by atoms with van der Waals surface area (Å²) in [7, 11) is 0. The molecule has 0 bridgehead atoms. The van der Waals surface area contributed by atoms with Gasteiger partial charge in [-0.15, -0.1) is 11.8 Å². The Morgan fingerprint density at radius 2 is 1.91 bits per heavy atom. The van der Waals surface area contributed by atoms with E-state index in [1.165, 1.54) is 0 Å². The largest absolute Gasteiger partial charge is 0.353 e. The minimum atomic E-state index is -0.0790. The summed E-state index contributed by atoms with van der Waals surface area (Å²) in [5.41, 5.74) is 3.73. The maximum atomic E-state index is 13.6. The summed E-state index contributed by atoms with van der Waals surface area (Å²) in [6.45, 7) is 4.82. The fourth-order valence-corrected chi connectivity index (χ4v) is 5.23. The Morgan fingerprint density at radius 3 is 2.57 bits per heavy atom. The van der Waals surface area contributed by atoms with E-state index in [0.717, 1.165) is 34.0 Å². The zero-order valence-electron chi connectivity index (χ0n) is 20.2. The number of carbonyl (C=O) groups excluding carboxylic acids is 1. The lowest BCUT2D eigenvalue weighted by molar-refractivity contribution is 0.0731. The number of halogens is 1. The number of thioether (sulfide) groups is 1. The van der Waals surface area contributed by atoms with Crippen LogP contribution in [0.1, 0.15) is 59.8 Å². The van der Waals surface area contributed by atoms with Crippen molar-refractivity contribution in [2.45, 2.75) is 56.5 Å². The van der Waals surface area contributed by atoms with Gasteiger partial charge >= 0.3 is 0 Å². The van der Waals surface area contributed by atoms with Crippen LogP contribution in [0.5, 0.6) is 0 Å². The number of nitrogens with one attached hydrogen (secondary N) is 1. The zero-order valence-corrected chi connectivity index (χ0v) is 21.7. The number of carbonyl (C=O) groups is 1. The number of aromatic nitrogens is 2. The summed E-state index contributed by atoms with van der Waals surface area (Å²) >= 11 is 8.03. The van der Waals surface area contributed by atoms with Crippen LogP contribution >= 0.6 is 23.4 Å². The lowest BCUT2D eigenvalue weighted by atomic mass is 10.0. The van der Waals surface area contributed by atoms with E-state index in [2.05, 4.69) is 5.32 Å². The molecule has 2 aromatic carbocycles. The van der Waals surface area contributed by atoms with E-state index in [-0.39, 0.29) is 17.5 Å². The normalized spacial score (nSPS) is 15.3. The number of hydrogen-bond acceptors (Lipinski definition) is 5. The number of hydrogen-bond donors (Lipinski definition) is 1. The van der Waals surface area contributed by atoms with Gasteiger partial charge in [-0.1, -0.05) is 11.6 Å². The van der Waals surface area contributed by atoms with Gasteiger partial charge in [-0.2, -0.15) is 0 Å². The molecule has 0 radical (unpaired) electrons. The molecule has 1 aliphatic carbocycles. The van der Waals surface area contributed by atoms with Crippen molar-refractivity contribution in [3.05, 3.63) is 80.2 Å². The highest BCUT2D eigenvalue weighted by atomic mass is 35.5. The Hall–Kier alpha value is -2.77. The van der Waals surface area contributed by atoms with Crippen LogP contribution in [0.4, 0.5) is 5.95 Å². The van der Waals surface area contributed by atoms with E-state index < -0.39 is 0 Å². The molecule has 2 heterocycles. The highest BCUT2D eigenvalue weighted by Gasteiger charge is 2.30. The van der Waals surface area contributed by atoms with Crippen LogP contribution in [0.25, 0.3) is 5.69 Å². The molecule has 2 aliphatic rings. The van der Waals surface area contributed by atoms with Crippen molar-refractivity contribution in [3.63, 3.8) is 0 Å². The topological polar surface area (TPSA) is 67.2 Å². The summed E-state index contributed by atoms with van der Waals surface area (Å²) in [6.07, 6.45) is 4.74. The summed E-state index contributed by atoms with van der Waals surface area (Å²) in [5, 5.41) is 4.06. The molecule has 1 saturated carbocycles. The maximum absolute atomic E-state index is 13.6. The van der Waals surface area contributed by atoms with Crippen LogP contribution in [0.15, 0.2) is 52.2 Å². The van der Waals surface area contributed by atoms with Gasteiger partial charge in [-0.25, -0.2) is 9.55 Å². The van der Waals surface area contributed by atoms with E-state index in [9.17, 15) is 9.59 Å². The van der Waals surface area contributed by atoms with Crippen LogP contribution in [0, 0.1) is 0 Å². The zero-order chi connectivity index (χ0) is 24.7.